The minimum absolute atomic E-state index is 0.0735. The van der Waals surface area contributed by atoms with Crippen molar-refractivity contribution in [2.45, 2.75) is 38.1 Å². The van der Waals surface area contributed by atoms with Gasteiger partial charge in [0.2, 0.25) is 0 Å². The van der Waals surface area contributed by atoms with Gasteiger partial charge < -0.3 is 15.3 Å². The Morgan fingerprint density at radius 3 is 2.43 bits per heavy atom. The fraction of sp³-hybridized carbons (Fsp3) is 0.471. The first-order valence-corrected chi connectivity index (χ1v) is 7.77. The van der Waals surface area contributed by atoms with Crippen LogP contribution in [0.5, 0.6) is 0 Å². The molecule has 124 valence electrons. The third kappa shape index (κ3) is 3.88. The summed E-state index contributed by atoms with van der Waals surface area (Å²) in [5.74, 6) is -1.40. The van der Waals surface area contributed by atoms with Crippen molar-refractivity contribution in [3.63, 3.8) is 0 Å². The fourth-order valence-corrected chi connectivity index (χ4v) is 2.71. The lowest BCUT2D eigenvalue weighted by atomic mass is 9.74. The zero-order valence-electron chi connectivity index (χ0n) is 13.5. The largest absolute Gasteiger partial charge is 0.481 e. The molecule has 0 saturated heterocycles. The average Bonchev–Trinajstić information content (AvgIpc) is 2.50. The van der Waals surface area contributed by atoms with Crippen LogP contribution in [0.4, 0.5) is 0 Å². The number of aliphatic carboxylic acids is 1. The van der Waals surface area contributed by atoms with Crippen LogP contribution in [0.25, 0.3) is 0 Å². The summed E-state index contributed by atoms with van der Waals surface area (Å²) in [6, 6.07) is 6.51. The zero-order valence-corrected chi connectivity index (χ0v) is 13.5. The van der Waals surface area contributed by atoms with Crippen LogP contribution in [0, 0.1) is 0 Å². The van der Waals surface area contributed by atoms with Crippen LogP contribution >= 0.6 is 0 Å². The Bertz CT molecular complexity index is 623. The number of carboxylic acids is 1. The van der Waals surface area contributed by atoms with Crippen molar-refractivity contribution in [2.24, 2.45) is 0 Å². The van der Waals surface area contributed by atoms with Crippen molar-refractivity contribution < 1.29 is 19.5 Å². The van der Waals surface area contributed by atoms with Gasteiger partial charge in [0.25, 0.3) is 11.8 Å². The normalized spacial score (nSPS) is 15.4. The van der Waals surface area contributed by atoms with E-state index in [0.717, 1.165) is 6.42 Å². The predicted molar refractivity (Wildman–Crippen MR) is 85.4 cm³/mol. The first-order valence-electron chi connectivity index (χ1n) is 7.77. The monoisotopic (exact) mass is 318 g/mol. The van der Waals surface area contributed by atoms with Crippen molar-refractivity contribution in [1.29, 1.82) is 0 Å². The summed E-state index contributed by atoms with van der Waals surface area (Å²) in [6.45, 7) is 2.46. The van der Waals surface area contributed by atoms with Gasteiger partial charge in [0.1, 0.15) is 0 Å². The summed E-state index contributed by atoms with van der Waals surface area (Å²) in [5.41, 5.74) is 0.170. The van der Waals surface area contributed by atoms with Crippen molar-refractivity contribution >= 4 is 17.8 Å². The Balaban J connectivity index is 2.14. The number of hydrogen-bond acceptors (Lipinski definition) is 3. The maximum Gasteiger partial charge on any atom is 0.305 e. The highest BCUT2D eigenvalue weighted by Gasteiger charge is 2.40. The Kier molecular flexibility index (Phi) is 5.03. The van der Waals surface area contributed by atoms with Gasteiger partial charge in [-0.1, -0.05) is 6.07 Å². The third-order valence-corrected chi connectivity index (χ3v) is 4.37. The Morgan fingerprint density at radius 2 is 1.91 bits per heavy atom. The maximum absolute atomic E-state index is 12.4. The number of nitrogens with zero attached hydrogens (tertiary/aromatic N) is 1. The van der Waals surface area contributed by atoms with E-state index in [9.17, 15) is 14.4 Å². The van der Waals surface area contributed by atoms with Gasteiger partial charge in [0, 0.05) is 24.7 Å². The van der Waals surface area contributed by atoms with Crippen LogP contribution in [-0.4, -0.2) is 46.9 Å². The molecule has 0 heterocycles. The summed E-state index contributed by atoms with van der Waals surface area (Å²) in [6.07, 6.45) is 2.17. The van der Waals surface area contributed by atoms with E-state index >= 15 is 0 Å². The van der Waals surface area contributed by atoms with Crippen LogP contribution in [0.2, 0.25) is 0 Å². The predicted octanol–water partition coefficient (Wildman–Crippen LogP) is 1.91. The molecule has 0 bridgehead atoms. The SMILES string of the molecule is CCN(C)C(=O)c1cccc(C(=O)NC2(CC(=O)O)CCC2)c1. The van der Waals surface area contributed by atoms with Crippen LogP contribution in [0.3, 0.4) is 0 Å². The lowest BCUT2D eigenvalue weighted by Gasteiger charge is -2.41. The van der Waals surface area contributed by atoms with E-state index in [4.69, 9.17) is 5.11 Å². The zero-order chi connectivity index (χ0) is 17.0. The molecule has 2 N–H and O–H groups in total. The molecule has 6 heteroatoms. The molecule has 1 aromatic rings. The van der Waals surface area contributed by atoms with E-state index in [1.165, 1.54) is 0 Å². The van der Waals surface area contributed by atoms with Gasteiger partial charge in [-0.2, -0.15) is 0 Å². The molecular weight excluding hydrogens is 296 g/mol. The second-order valence-corrected chi connectivity index (χ2v) is 6.06. The van der Waals surface area contributed by atoms with Crippen LogP contribution < -0.4 is 5.32 Å². The minimum Gasteiger partial charge on any atom is -0.481 e. The standard InChI is InChI=1S/C17H22N2O4/c1-3-19(2)16(23)13-7-4-6-12(10-13)15(22)18-17(8-5-9-17)11-14(20)21/h4,6-7,10H,3,5,8-9,11H2,1-2H3,(H,18,22)(H,20,21). The quantitative estimate of drug-likeness (QED) is 0.839. The minimum atomic E-state index is -0.918. The molecule has 0 atom stereocenters. The van der Waals surface area contributed by atoms with Crippen LogP contribution in [-0.2, 0) is 4.79 Å². The van der Waals surface area contributed by atoms with E-state index in [1.807, 2.05) is 6.92 Å². The molecule has 1 fully saturated rings. The number of nitrogens with one attached hydrogen (secondary N) is 1. The molecule has 0 spiro atoms. The first-order chi connectivity index (χ1) is 10.9. The summed E-state index contributed by atoms with van der Waals surface area (Å²) in [5, 5.41) is 11.8. The number of amides is 2. The highest BCUT2D eigenvalue weighted by molar-refractivity contribution is 6.00. The Labute approximate surface area is 135 Å². The van der Waals surface area contributed by atoms with E-state index in [1.54, 1.807) is 36.2 Å². The lowest BCUT2D eigenvalue weighted by molar-refractivity contribution is -0.139. The fourth-order valence-electron chi connectivity index (χ4n) is 2.71. The molecule has 2 rings (SSSR count). The van der Waals surface area contributed by atoms with Gasteiger partial charge >= 0.3 is 5.97 Å². The third-order valence-electron chi connectivity index (χ3n) is 4.37. The lowest BCUT2D eigenvalue weighted by Crippen LogP contribution is -2.54. The number of carboxylic acid groups (broad SMARTS) is 1. The molecule has 1 aliphatic carbocycles. The highest BCUT2D eigenvalue weighted by Crippen LogP contribution is 2.35. The van der Waals surface area contributed by atoms with E-state index in [0.29, 0.717) is 30.5 Å². The van der Waals surface area contributed by atoms with Gasteiger partial charge in [-0.15, -0.1) is 0 Å². The summed E-state index contributed by atoms with van der Waals surface area (Å²) in [4.78, 5) is 37.1. The molecule has 0 aliphatic heterocycles. The van der Waals surface area contributed by atoms with Gasteiger partial charge in [-0.25, -0.2) is 0 Å². The van der Waals surface area contributed by atoms with Crippen LogP contribution in [0.15, 0.2) is 24.3 Å². The van der Waals surface area contributed by atoms with Crippen molar-refractivity contribution in [1.82, 2.24) is 10.2 Å². The number of benzene rings is 1. The molecule has 1 aromatic carbocycles. The molecule has 0 aromatic heterocycles. The summed E-state index contributed by atoms with van der Waals surface area (Å²) >= 11 is 0. The molecule has 0 radical (unpaired) electrons. The smallest absolute Gasteiger partial charge is 0.305 e. The van der Waals surface area contributed by atoms with E-state index < -0.39 is 11.5 Å². The van der Waals surface area contributed by atoms with Gasteiger partial charge in [0.15, 0.2) is 0 Å². The van der Waals surface area contributed by atoms with E-state index in [-0.39, 0.29) is 18.2 Å². The maximum atomic E-state index is 12.4. The van der Waals surface area contributed by atoms with Gasteiger partial charge in [-0.3, -0.25) is 14.4 Å². The van der Waals surface area contributed by atoms with Crippen molar-refractivity contribution in [2.75, 3.05) is 13.6 Å². The molecule has 1 aliphatic rings. The number of carbonyl (C=O) groups is 3. The number of carbonyl (C=O) groups excluding carboxylic acids is 2. The molecule has 1 saturated carbocycles. The second kappa shape index (κ2) is 6.81. The molecule has 0 unspecified atom stereocenters. The molecule has 6 nitrogen and oxygen atoms in total. The van der Waals surface area contributed by atoms with Crippen molar-refractivity contribution in [3.05, 3.63) is 35.4 Å². The highest BCUT2D eigenvalue weighted by atomic mass is 16.4. The Hall–Kier alpha value is -2.37. The summed E-state index contributed by atoms with van der Waals surface area (Å²) < 4.78 is 0. The number of hydrogen-bond donors (Lipinski definition) is 2. The molecule has 2 amide bonds. The average molecular weight is 318 g/mol. The topological polar surface area (TPSA) is 86.7 Å². The summed E-state index contributed by atoms with van der Waals surface area (Å²) in [7, 11) is 1.70. The second-order valence-electron chi connectivity index (χ2n) is 6.06. The molecule has 23 heavy (non-hydrogen) atoms. The molecular formula is C17H22N2O4. The van der Waals surface area contributed by atoms with Crippen LogP contribution in [0.1, 0.15) is 53.3 Å². The van der Waals surface area contributed by atoms with Crippen molar-refractivity contribution in [3.8, 4) is 0 Å². The van der Waals surface area contributed by atoms with Gasteiger partial charge in [0.05, 0.1) is 12.0 Å². The number of rotatable bonds is 6. The van der Waals surface area contributed by atoms with Gasteiger partial charge in [-0.05, 0) is 44.4 Å². The Morgan fingerprint density at radius 1 is 1.26 bits per heavy atom. The first kappa shape index (κ1) is 17.0. The van der Waals surface area contributed by atoms with E-state index in [2.05, 4.69) is 5.32 Å².